The summed E-state index contributed by atoms with van der Waals surface area (Å²) in [7, 11) is 0. The minimum absolute atomic E-state index is 0.385. The predicted molar refractivity (Wildman–Crippen MR) is 74.0 cm³/mol. The highest BCUT2D eigenvalue weighted by molar-refractivity contribution is 6.30. The maximum atomic E-state index is 11.8. The standard InChI is InChI=1S/C13H19ClN2O2/c1-12(2,13(3,4)18)16-11(17)15-10-7-5-6-9(14)8-10/h5-8,18H,1-4H3,(H2,15,16,17). The van der Waals surface area contributed by atoms with E-state index in [1.165, 1.54) is 0 Å². The van der Waals surface area contributed by atoms with Gasteiger partial charge in [0, 0.05) is 10.7 Å². The molecule has 4 nitrogen and oxygen atoms in total. The van der Waals surface area contributed by atoms with E-state index in [0.717, 1.165) is 0 Å². The normalized spacial score (nSPS) is 12.1. The maximum absolute atomic E-state index is 11.8. The average Bonchev–Trinajstić information content (AvgIpc) is 2.14. The van der Waals surface area contributed by atoms with Crippen molar-refractivity contribution in [1.82, 2.24) is 5.32 Å². The Morgan fingerprint density at radius 2 is 1.89 bits per heavy atom. The number of halogens is 1. The molecule has 0 aliphatic heterocycles. The van der Waals surface area contributed by atoms with E-state index < -0.39 is 11.1 Å². The zero-order valence-corrected chi connectivity index (χ0v) is 11.8. The monoisotopic (exact) mass is 270 g/mol. The number of urea groups is 1. The zero-order valence-electron chi connectivity index (χ0n) is 11.0. The summed E-state index contributed by atoms with van der Waals surface area (Å²) >= 11 is 5.82. The molecule has 0 atom stereocenters. The van der Waals surface area contributed by atoms with Gasteiger partial charge in [0.15, 0.2) is 0 Å². The van der Waals surface area contributed by atoms with Gasteiger partial charge in [0.2, 0.25) is 0 Å². The van der Waals surface area contributed by atoms with Gasteiger partial charge in [0.1, 0.15) is 0 Å². The second-order valence-corrected chi connectivity index (χ2v) is 5.71. The fourth-order valence-corrected chi connectivity index (χ4v) is 1.36. The molecule has 0 saturated carbocycles. The minimum atomic E-state index is -1.03. The van der Waals surface area contributed by atoms with Crippen LogP contribution in [0, 0.1) is 0 Å². The lowest BCUT2D eigenvalue weighted by Crippen LogP contribution is -2.58. The largest absolute Gasteiger partial charge is 0.388 e. The van der Waals surface area contributed by atoms with Crippen LogP contribution in [0.2, 0.25) is 5.02 Å². The predicted octanol–water partition coefficient (Wildman–Crippen LogP) is 3.01. The molecule has 0 spiro atoms. The van der Waals surface area contributed by atoms with Crippen LogP contribution in [0.5, 0.6) is 0 Å². The minimum Gasteiger partial charge on any atom is -0.388 e. The Bertz CT molecular complexity index is 439. The number of rotatable bonds is 3. The van der Waals surface area contributed by atoms with Crippen molar-refractivity contribution in [2.45, 2.75) is 38.8 Å². The third-order valence-electron chi connectivity index (χ3n) is 3.04. The number of carbonyl (C=O) groups is 1. The summed E-state index contributed by atoms with van der Waals surface area (Å²) in [5, 5.41) is 15.9. The van der Waals surface area contributed by atoms with Crippen LogP contribution in [-0.2, 0) is 0 Å². The van der Waals surface area contributed by atoms with Gasteiger partial charge in [0.05, 0.1) is 11.1 Å². The number of nitrogens with one attached hydrogen (secondary N) is 2. The topological polar surface area (TPSA) is 61.4 Å². The Kier molecular flexibility index (Phi) is 4.24. The summed E-state index contributed by atoms with van der Waals surface area (Å²) in [6, 6.07) is 6.48. The van der Waals surface area contributed by atoms with Gasteiger partial charge in [-0.3, -0.25) is 0 Å². The highest BCUT2D eigenvalue weighted by atomic mass is 35.5. The molecule has 0 aliphatic carbocycles. The third kappa shape index (κ3) is 3.89. The second-order valence-electron chi connectivity index (χ2n) is 5.27. The van der Waals surface area contributed by atoms with Crippen LogP contribution in [0.3, 0.4) is 0 Å². The van der Waals surface area contributed by atoms with Gasteiger partial charge in [-0.1, -0.05) is 17.7 Å². The number of carbonyl (C=O) groups excluding carboxylic acids is 1. The van der Waals surface area contributed by atoms with E-state index >= 15 is 0 Å². The lowest BCUT2D eigenvalue weighted by Gasteiger charge is -2.37. The Morgan fingerprint density at radius 3 is 2.39 bits per heavy atom. The van der Waals surface area contributed by atoms with E-state index in [4.69, 9.17) is 11.6 Å². The van der Waals surface area contributed by atoms with Gasteiger partial charge >= 0.3 is 6.03 Å². The zero-order chi connectivity index (χ0) is 14.0. The van der Waals surface area contributed by atoms with Crippen LogP contribution >= 0.6 is 11.6 Å². The van der Waals surface area contributed by atoms with Crippen LogP contribution in [0.1, 0.15) is 27.7 Å². The van der Waals surface area contributed by atoms with Crippen LogP contribution < -0.4 is 10.6 Å². The molecule has 0 aliphatic rings. The molecule has 0 fully saturated rings. The van der Waals surface area contributed by atoms with E-state index in [9.17, 15) is 9.90 Å². The molecule has 100 valence electrons. The molecule has 1 aromatic carbocycles. The third-order valence-corrected chi connectivity index (χ3v) is 3.27. The van der Waals surface area contributed by atoms with E-state index in [0.29, 0.717) is 10.7 Å². The first kappa shape index (κ1) is 14.8. The van der Waals surface area contributed by atoms with E-state index in [-0.39, 0.29) is 6.03 Å². The van der Waals surface area contributed by atoms with Crippen molar-refractivity contribution >= 4 is 23.3 Å². The highest BCUT2D eigenvalue weighted by Crippen LogP contribution is 2.21. The molecule has 0 bridgehead atoms. The number of amides is 2. The summed E-state index contributed by atoms with van der Waals surface area (Å²) in [5.41, 5.74) is -1.18. The van der Waals surface area contributed by atoms with E-state index in [1.807, 2.05) is 0 Å². The van der Waals surface area contributed by atoms with Crippen LogP contribution in [0.25, 0.3) is 0 Å². The van der Waals surface area contributed by atoms with Gasteiger partial charge in [0.25, 0.3) is 0 Å². The number of anilines is 1. The molecule has 18 heavy (non-hydrogen) atoms. The van der Waals surface area contributed by atoms with Gasteiger partial charge in [-0.15, -0.1) is 0 Å². The summed E-state index contributed by atoms with van der Waals surface area (Å²) in [6.45, 7) is 6.80. The summed E-state index contributed by atoms with van der Waals surface area (Å²) in [5.74, 6) is 0. The van der Waals surface area contributed by atoms with Gasteiger partial charge in [-0.25, -0.2) is 4.79 Å². The first-order valence-corrected chi connectivity index (χ1v) is 6.07. The molecule has 3 N–H and O–H groups in total. The van der Waals surface area contributed by atoms with Crippen molar-refractivity contribution in [3.63, 3.8) is 0 Å². The Morgan fingerprint density at radius 1 is 1.28 bits per heavy atom. The Hall–Kier alpha value is -1.26. The van der Waals surface area contributed by atoms with Crippen molar-refractivity contribution in [1.29, 1.82) is 0 Å². The van der Waals surface area contributed by atoms with Crippen molar-refractivity contribution in [2.24, 2.45) is 0 Å². The van der Waals surface area contributed by atoms with Crippen LogP contribution in [0.15, 0.2) is 24.3 Å². The molecule has 0 aromatic heterocycles. The van der Waals surface area contributed by atoms with Crippen LogP contribution in [0.4, 0.5) is 10.5 Å². The fourth-order valence-electron chi connectivity index (χ4n) is 1.17. The molecule has 1 aromatic rings. The lowest BCUT2D eigenvalue weighted by atomic mass is 9.86. The SMILES string of the molecule is CC(C)(O)C(C)(C)NC(=O)Nc1cccc(Cl)c1. The van der Waals surface area contributed by atoms with Gasteiger partial charge in [-0.05, 0) is 45.9 Å². The molecule has 0 radical (unpaired) electrons. The maximum Gasteiger partial charge on any atom is 0.319 e. The highest BCUT2D eigenvalue weighted by Gasteiger charge is 2.36. The Labute approximate surface area is 112 Å². The summed E-state index contributed by atoms with van der Waals surface area (Å²) in [6.07, 6.45) is 0. The molecule has 0 saturated heterocycles. The van der Waals surface area contributed by atoms with Gasteiger partial charge in [-0.2, -0.15) is 0 Å². The quantitative estimate of drug-likeness (QED) is 0.791. The number of benzene rings is 1. The number of hydrogen-bond acceptors (Lipinski definition) is 2. The van der Waals surface area contributed by atoms with Crippen LogP contribution in [-0.4, -0.2) is 22.3 Å². The first-order chi connectivity index (χ1) is 8.12. The molecule has 0 heterocycles. The first-order valence-electron chi connectivity index (χ1n) is 5.69. The lowest BCUT2D eigenvalue weighted by molar-refractivity contribution is 0.00185. The van der Waals surface area contributed by atoms with Gasteiger partial charge < -0.3 is 15.7 Å². The summed E-state index contributed by atoms with van der Waals surface area (Å²) in [4.78, 5) is 11.8. The molecular weight excluding hydrogens is 252 g/mol. The van der Waals surface area contributed by atoms with Crippen molar-refractivity contribution in [3.8, 4) is 0 Å². The molecule has 1 rings (SSSR count). The number of hydrogen-bond donors (Lipinski definition) is 3. The van der Waals surface area contributed by atoms with E-state index in [1.54, 1.807) is 52.0 Å². The average molecular weight is 271 g/mol. The molecular formula is C13H19ClN2O2. The molecule has 5 heteroatoms. The number of aliphatic hydroxyl groups is 1. The van der Waals surface area contributed by atoms with Crippen molar-refractivity contribution < 1.29 is 9.90 Å². The second kappa shape index (κ2) is 5.16. The Balaban J connectivity index is 2.68. The van der Waals surface area contributed by atoms with Crippen molar-refractivity contribution in [3.05, 3.63) is 29.3 Å². The smallest absolute Gasteiger partial charge is 0.319 e. The summed E-state index contributed by atoms with van der Waals surface area (Å²) < 4.78 is 0. The molecule has 2 amide bonds. The van der Waals surface area contributed by atoms with E-state index in [2.05, 4.69) is 10.6 Å². The van der Waals surface area contributed by atoms with Crippen molar-refractivity contribution in [2.75, 3.05) is 5.32 Å². The fraction of sp³-hybridized carbons (Fsp3) is 0.462. The molecule has 0 unspecified atom stereocenters.